The predicted octanol–water partition coefficient (Wildman–Crippen LogP) is 4.35. The van der Waals surface area contributed by atoms with Crippen molar-refractivity contribution in [3.63, 3.8) is 0 Å². The van der Waals surface area contributed by atoms with Gasteiger partial charge in [0.1, 0.15) is 18.2 Å². The lowest BCUT2D eigenvalue weighted by atomic mass is 9.96. The molecule has 0 radical (unpaired) electrons. The number of nitrogens with one attached hydrogen (secondary N) is 1. The van der Waals surface area contributed by atoms with E-state index in [1.54, 1.807) is 4.68 Å². The quantitative estimate of drug-likeness (QED) is 0.678. The summed E-state index contributed by atoms with van der Waals surface area (Å²) in [5, 5.41) is 7.59. The number of aryl methyl sites for hydroxylation is 2. The second kappa shape index (κ2) is 7.19. The van der Waals surface area contributed by atoms with E-state index in [1.165, 1.54) is 0 Å². The van der Waals surface area contributed by atoms with Gasteiger partial charge in [-0.25, -0.2) is 0 Å². The van der Waals surface area contributed by atoms with Crippen molar-refractivity contribution in [2.24, 2.45) is 13.0 Å². The van der Waals surface area contributed by atoms with Crippen molar-refractivity contribution in [2.75, 3.05) is 11.9 Å². The molecule has 4 rings (SSSR count). The highest BCUT2D eigenvalue weighted by Gasteiger charge is 2.27. The molecule has 1 atom stereocenters. The summed E-state index contributed by atoms with van der Waals surface area (Å²) in [7, 11) is 1.84. The Morgan fingerprint density at radius 3 is 2.74 bits per heavy atom. The number of amides is 1. The number of ether oxygens (including phenoxy) is 1. The normalized spacial score (nSPS) is 15.7. The molecule has 0 spiro atoms. The number of hydrogen-bond donors (Lipinski definition) is 1. The molecule has 1 aliphatic rings. The Balaban J connectivity index is 1.60. The van der Waals surface area contributed by atoms with Crippen molar-refractivity contribution in [3.05, 3.63) is 64.3 Å². The van der Waals surface area contributed by atoms with Gasteiger partial charge in [-0.05, 0) is 42.7 Å². The van der Waals surface area contributed by atoms with Crippen molar-refractivity contribution in [1.29, 1.82) is 0 Å². The first kappa shape index (κ1) is 17.8. The average Bonchev–Trinajstić information content (AvgIpc) is 2.95. The van der Waals surface area contributed by atoms with Gasteiger partial charge in [-0.3, -0.25) is 9.48 Å². The van der Waals surface area contributed by atoms with Crippen LogP contribution in [0.4, 0.5) is 5.82 Å². The number of para-hydroxylation sites is 1. The van der Waals surface area contributed by atoms with Crippen LogP contribution in [0.25, 0.3) is 11.1 Å². The lowest BCUT2D eigenvalue weighted by Crippen LogP contribution is -2.33. The van der Waals surface area contributed by atoms with Crippen LogP contribution in [0.5, 0.6) is 5.75 Å². The number of carbonyl (C=O) groups excluding carboxylic acids is 1. The van der Waals surface area contributed by atoms with Gasteiger partial charge < -0.3 is 10.1 Å². The van der Waals surface area contributed by atoms with Gasteiger partial charge in [-0.1, -0.05) is 46.3 Å². The summed E-state index contributed by atoms with van der Waals surface area (Å²) in [6.45, 7) is 2.33. The van der Waals surface area contributed by atoms with E-state index >= 15 is 0 Å². The third kappa shape index (κ3) is 3.49. The lowest BCUT2D eigenvalue weighted by molar-refractivity contribution is -0.121. The van der Waals surface area contributed by atoms with E-state index in [2.05, 4.69) is 26.3 Å². The van der Waals surface area contributed by atoms with Crippen LogP contribution in [0.1, 0.15) is 11.3 Å². The Labute approximate surface area is 166 Å². The summed E-state index contributed by atoms with van der Waals surface area (Å²) < 4.78 is 8.50. The maximum absolute atomic E-state index is 12.9. The number of halogens is 1. The minimum absolute atomic E-state index is 0.0501. The maximum Gasteiger partial charge on any atom is 0.232 e. The van der Waals surface area contributed by atoms with Crippen LogP contribution in [-0.2, 0) is 18.3 Å². The standard InChI is InChI=1S/C21H20BrN3O2/c1-13-19(14-7-9-17(22)10-8-14)20(25(2)24-13)23-21(26)16-11-15-5-3-4-6-18(15)27-12-16/h3-10,16H,11-12H2,1-2H3,(H,23,26). The number of benzene rings is 2. The fourth-order valence-corrected chi connectivity index (χ4v) is 3.74. The number of aromatic nitrogens is 2. The van der Waals surface area contributed by atoms with Crippen LogP contribution >= 0.6 is 15.9 Å². The van der Waals surface area contributed by atoms with Crippen molar-refractivity contribution >= 4 is 27.7 Å². The predicted molar refractivity (Wildman–Crippen MR) is 109 cm³/mol. The fourth-order valence-electron chi connectivity index (χ4n) is 3.48. The SMILES string of the molecule is Cc1nn(C)c(NC(=O)C2COc3ccccc3C2)c1-c1ccc(Br)cc1. The molecular weight excluding hydrogens is 406 g/mol. The molecule has 1 unspecified atom stereocenters. The Morgan fingerprint density at radius 1 is 1.22 bits per heavy atom. The highest BCUT2D eigenvalue weighted by atomic mass is 79.9. The smallest absolute Gasteiger partial charge is 0.232 e. The Bertz CT molecular complexity index is 995. The summed E-state index contributed by atoms with van der Waals surface area (Å²) in [4.78, 5) is 12.9. The van der Waals surface area contributed by atoms with Gasteiger partial charge in [-0.15, -0.1) is 0 Å². The Kier molecular flexibility index (Phi) is 4.74. The van der Waals surface area contributed by atoms with Gasteiger partial charge in [0, 0.05) is 17.1 Å². The number of anilines is 1. The molecule has 1 aromatic heterocycles. The Hall–Kier alpha value is -2.60. The molecule has 2 heterocycles. The van der Waals surface area contributed by atoms with Crippen LogP contribution < -0.4 is 10.1 Å². The van der Waals surface area contributed by atoms with Crippen molar-refractivity contribution < 1.29 is 9.53 Å². The van der Waals surface area contributed by atoms with E-state index < -0.39 is 0 Å². The lowest BCUT2D eigenvalue weighted by Gasteiger charge is -2.24. The van der Waals surface area contributed by atoms with Gasteiger partial charge in [0.05, 0.1) is 11.6 Å². The highest BCUT2D eigenvalue weighted by molar-refractivity contribution is 9.10. The molecule has 138 valence electrons. The second-order valence-corrected chi connectivity index (χ2v) is 7.66. The summed E-state index contributed by atoms with van der Waals surface area (Å²) in [5.41, 5.74) is 3.90. The molecule has 0 saturated heterocycles. The molecule has 2 aromatic carbocycles. The van der Waals surface area contributed by atoms with E-state index in [9.17, 15) is 4.79 Å². The fraction of sp³-hybridized carbons (Fsp3) is 0.238. The van der Waals surface area contributed by atoms with Crippen molar-refractivity contribution in [1.82, 2.24) is 9.78 Å². The summed E-state index contributed by atoms with van der Waals surface area (Å²) in [6.07, 6.45) is 0.673. The first-order chi connectivity index (χ1) is 13.0. The number of hydrogen-bond acceptors (Lipinski definition) is 3. The van der Waals surface area contributed by atoms with Gasteiger partial charge in [0.15, 0.2) is 0 Å². The zero-order chi connectivity index (χ0) is 19.0. The monoisotopic (exact) mass is 425 g/mol. The first-order valence-corrected chi connectivity index (χ1v) is 9.63. The van der Waals surface area contributed by atoms with Crippen LogP contribution in [-0.4, -0.2) is 22.3 Å². The van der Waals surface area contributed by atoms with E-state index in [-0.39, 0.29) is 11.8 Å². The minimum atomic E-state index is -0.229. The number of rotatable bonds is 3. The minimum Gasteiger partial charge on any atom is -0.492 e. The molecule has 5 nitrogen and oxygen atoms in total. The van der Waals surface area contributed by atoms with Crippen LogP contribution in [0.3, 0.4) is 0 Å². The van der Waals surface area contributed by atoms with Gasteiger partial charge in [-0.2, -0.15) is 5.10 Å². The first-order valence-electron chi connectivity index (χ1n) is 8.84. The van der Waals surface area contributed by atoms with E-state index in [0.717, 1.165) is 32.6 Å². The van der Waals surface area contributed by atoms with Crippen molar-refractivity contribution in [2.45, 2.75) is 13.3 Å². The number of fused-ring (bicyclic) bond motifs is 1. The van der Waals surface area contributed by atoms with Crippen molar-refractivity contribution in [3.8, 4) is 16.9 Å². The molecule has 0 bridgehead atoms. The second-order valence-electron chi connectivity index (χ2n) is 6.75. The maximum atomic E-state index is 12.9. The Morgan fingerprint density at radius 2 is 1.96 bits per heavy atom. The summed E-state index contributed by atoms with van der Waals surface area (Å²) >= 11 is 3.46. The zero-order valence-electron chi connectivity index (χ0n) is 15.2. The molecule has 0 saturated carbocycles. The summed E-state index contributed by atoms with van der Waals surface area (Å²) in [5.74, 6) is 1.30. The van der Waals surface area contributed by atoms with Gasteiger partial charge in [0.25, 0.3) is 0 Å². The van der Waals surface area contributed by atoms with Crippen LogP contribution in [0.15, 0.2) is 53.0 Å². The van der Waals surface area contributed by atoms with E-state index in [4.69, 9.17) is 4.74 Å². The number of nitrogens with zero attached hydrogens (tertiary/aromatic N) is 2. The molecule has 1 amide bonds. The highest BCUT2D eigenvalue weighted by Crippen LogP contribution is 2.33. The van der Waals surface area contributed by atoms with Crippen LogP contribution in [0, 0.1) is 12.8 Å². The summed E-state index contributed by atoms with van der Waals surface area (Å²) in [6, 6.07) is 15.9. The third-order valence-electron chi connectivity index (χ3n) is 4.85. The molecule has 3 aromatic rings. The van der Waals surface area contributed by atoms with E-state index in [1.807, 2.05) is 62.5 Å². The molecule has 27 heavy (non-hydrogen) atoms. The molecular formula is C21H20BrN3O2. The van der Waals surface area contributed by atoms with E-state index in [0.29, 0.717) is 18.8 Å². The largest absolute Gasteiger partial charge is 0.492 e. The molecule has 1 N–H and O–H groups in total. The topological polar surface area (TPSA) is 56.2 Å². The average molecular weight is 426 g/mol. The third-order valence-corrected chi connectivity index (χ3v) is 5.38. The molecule has 6 heteroatoms. The zero-order valence-corrected chi connectivity index (χ0v) is 16.8. The van der Waals surface area contributed by atoms with Gasteiger partial charge in [0.2, 0.25) is 5.91 Å². The molecule has 0 aliphatic carbocycles. The number of carbonyl (C=O) groups is 1. The molecule has 1 aliphatic heterocycles. The van der Waals surface area contributed by atoms with Gasteiger partial charge >= 0.3 is 0 Å². The van der Waals surface area contributed by atoms with Crippen LogP contribution in [0.2, 0.25) is 0 Å². The molecule has 0 fully saturated rings.